The predicted molar refractivity (Wildman–Crippen MR) is 133 cm³/mol. The highest BCUT2D eigenvalue weighted by atomic mass is 28.4. The van der Waals surface area contributed by atoms with Crippen LogP contribution in [0.15, 0.2) is 0 Å². The lowest BCUT2D eigenvalue weighted by molar-refractivity contribution is 0.183. The monoisotopic (exact) mass is 428 g/mol. The molecule has 0 fully saturated rings. The summed E-state index contributed by atoms with van der Waals surface area (Å²) in [4.78, 5) is 0. The standard InChI is InChI=1S/C26H56O2Si/c1-7-9-10-11-12-13-14-15-16-17-18-19-20-21-22-23-24-25-29(27-6,28-8-2)26(3,4)5/h7-25H2,1-6H3. The number of rotatable bonds is 21. The summed E-state index contributed by atoms with van der Waals surface area (Å²) in [7, 11) is -0.218. The maximum atomic E-state index is 6.19. The molecule has 1 unspecified atom stereocenters. The summed E-state index contributed by atoms with van der Waals surface area (Å²) >= 11 is 0. The summed E-state index contributed by atoms with van der Waals surface area (Å²) in [5.41, 5.74) is 0. The first-order valence-electron chi connectivity index (χ1n) is 13.1. The highest BCUT2D eigenvalue weighted by molar-refractivity contribution is 6.70. The smallest absolute Gasteiger partial charge is 0.343 e. The van der Waals surface area contributed by atoms with Crippen LogP contribution in [0.2, 0.25) is 11.1 Å². The zero-order valence-electron chi connectivity index (χ0n) is 21.3. The molecule has 29 heavy (non-hydrogen) atoms. The van der Waals surface area contributed by atoms with Crippen molar-refractivity contribution in [3.05, 3.63) is 0 Å². The van der Waals surface area contributed by atoms with E-state index in [0.29, 0.717) is 0 Å². The molecule has 1 atom stereocenters. The minimum absolute atomic E-state index is 0.146. The number of hydrogen-bond donors (Lipinski definition) is 0. The SMILES string of the molecule is CCCCCCCCCCCCCCCCCCC[Si](OC)(OCC)C(C)(C)C. The van der Waals surface area contributed by atoms with Gasteiger partial charge in [-0.15, -0.1) is 0 Å². The first kappa shape index (κ1) is 29.1. The molecule has 0 aliphatic rings. The summed E-state index contributed by atoms with van der Waals surface area (Å²) in [6.07, 6.45) is 24.2. The zero-order valence-corrected chi connectivity index (χ0v) is 22.3. The van der Waals surface area contributed by atoms with E-state index >= 15 is 0 Å². The minimum atomic E-state index is -2.08. The number of hydrogen-bond acceptors (Lipinski definition) is 2. The van der Waals surface area contributed by atoms with Gasteiger partial charge in [-0.25, -0.2) is 0 Å². The van der Waals surface area contributed by atoms with Crippen molar-refractivity contribution in [1.29, 1.82) is 0 Å². The molecule has 0 heterocycles. The molecule has 0 saturated heterocycles. The van der Waals surface area contributed by atoms with Gasteiger partial charge in [0.15, 0.2) is 0 Å². The summed E-state index contributed by atoms with van der Waals surface area (Å²) in [5, 5.41) is 0.146. The predicted octanol–water partition coefficient (Wildman–Crippen LogP) is 9.56. The van der Waals surface area contributed by atoms with Gasteiger partial charge in [-0.2, -0.15) is 0 Å². The fraction of sp³-hybridized carbons (Fsp3) is 1.00. The van der Waals surface area contributed by atoms with Crippen molar-refractivity contribution in [2.75, 3.05) is 13.7 Å². The summed E-state index contributed by atoms with van der Waals surface area (Å²) in [6.45, 7) is 12.0. The fourth-order valence-corrected chi connectivity index (χ4v) is 7.89. The summed E-state index contributed by atoms with van der Waals surface area (Å²) in [6, 6.07) is 1.14. The van der Waals surface area contributed by atoms with Crippen LogP contribution in [0, 0.1) is 0 Å². The molecular weight excluding hydrogens is 372 g/mol. The molecule has 176 valence electrons. The van der Waals surface area contributed by atoms with Crippen LogP contribution in [0.4, 0.5) is 0 Å². The van der Waals surface area contributed by atoms with Crippen LogP contribution in [-0.4, -0.2) is 22.3 Å². The van der Waals surface area contributed by atoms with Crippen LogP contribution < -0.4 is 0 Å². The average molecular weight is 429 g/mol. The van der Waals surface area contributed by atoms with Gasteiger partial charge in [0.25, 0.3) is 0 Å². The largest absolute Gasteiger partial charge is 0.397 e. The quantitative estimate of drug-likeness (QED) is 0.134. The third-order valence-corrected chi connectivity index (χ3v) is 11.2. The second kappa shape index (κ2) is 18.9. The molecule has 0 rings (SSSR count). The van der Waals surface area contributed by atoms with Crippen LogP contribution in [0.3, 0.4) is 0 Å². The average Bonchev–Trinajstić information content (AvgIpc) is 2.68. The molecular formula is C26H56O2Si. The zero-order chi connectivity index (χ0) is 21.8. The van der Waals surface area contributed by atoms with E-state index in [0.717, 1.165) is 12.7 Å². The van der Waals surface area contributed by atoms with Crippen molar-refractivity contribution in [3.8, 4) is 0 Å². The van der Waals surface area contributed by atoms with Gasteiger partial charge < -0.3 is 8.85 Å². The Labute approximate surface area is 186 Å². The highest BCUT2D eigenvalue weighted by Gasteiger charge is 2.47. The van der Waals surface area contributed by atoms with Crippen molar-refractivity contribution in [1.82, 2.24) is 0 Å². The van der Waals surface area contributed by atoms with Gasteiger partial charge in [-0.3, -0.25) is 0 Å². The van der Waals surface area contributed by atoms with E-state index in [1.807, 2.05) is 7.11 Å². The van der Waals surface area contributed by atoms with Gasteiger partial charge in [-0.05, 0) is 13.0 Å². The lowest BCUT2D eigenvalue weighted by Crippen LogP contribution is -2.49. The van der Waals surface area contributed by atoms with Crippen molar-refractivity contribution in [3.63, 3.8) is 0 Å². The Morgan fingerprint density at radius 1 is 0.552 bits per heavy atom. The van der Waals surface area contributed by atoms with Gasteiger partial charge in [0.05, 0.1) is 0 Å². The van der Waals surface area contributed by atoms with Gasteiger partial charge >= 0.3 is 8.56 Å². The van der Waals surface area contributed by atoms with Crippen LogP contribution >= 0.6 is 0 Å². The first-order valence-corrected chi connectivity index (χ1v) is 15.1. The van der Waals surface area contributed by atoms with E-state index in [1.165, 1.54) is 109 Å². The summed E-state index contributed by atoms with van der Waals surface area (Å²) < 4.78 is 12.2. The molecule has 0 amide bonds. The molecule has 2 nitrogen and oxygen atoms in total. The van der Waals surface area contributed by atoms with Crippen LogP contribution in [-0.2, 0) is 8.85 Å². The molecule has 0 aliphatic carbocycles. The fourth-order valence-electron chi connectivity index (χ4n) is 4.45. The van der Waals surface area contributed by atoms with E-state index in [2.05, 4.69) is 34.6 Å². The Balaban J connectivity index is 3.49. The van der Waals surface area contributed by atoms with Crippen LogP contribution in [0.5, 0.6) is 0 Å². The Morgan fingerprint density at radius 2 is 0.897 bits per heavy atom. The topological polar surface area (TPSA) is 18.5 Å². The molecule has 0 aromatic carbocycles. The lowest BCUT2D eigenvalue weighted by atomic mass is 10.0. The minimum Gasteiger partial charge on any atom is -0.397 e. The molecule has 0 aliphatic heterocycles. The maximum absolute atomic E-state index is 6.19. The second-order valence-corrected chi connectivity index (χ2v) is 14.2. The van der Waals surface area contributed by atoms with Gasteiger partial charge in [0, 0.05) is 18.8 Å². The Bertz CT molecular complexity index is 340. The molecule has 0 aromatic heterocycles. The van der Waals surface area contributed by atoms with Gasteiger partial charge in [-0.1, -0.05) is 137 Å². The molecule has 0 N–H and O–H groups in total. The van der Waals surface area contributed by atoms with Crippen LogP contribution in [0.1, 0.15) is 144 Å². The molecule has 0 aromatic rings. The van der Waals surface area contributed by atoms with Crippen molar-refractivity contribution >= 4 is 8.56 Å². The van der Waals surface area contributed by atoms with Crippen molar-refractivity contribution in [2.45, 2.75) is 155 Å². The first-order chi connectivity index (χ1) is 13.9. The third kappa shape index (κ3) is 14.7. The molecule has 0 spiro atoms. The molecule has 0 radical (unpaired) electrons. The molecule has 0 saturated carbocycles. The van der Waals surface area contributed by atoms with E-state index in [1.54, 1.807) is 0 Å². The van der Waals surface area contributed by atoms with Crippen molar-refractivity contribution in [2.24, 2.45) is 0 Å². The Kier molecular flexibility index (Phi) is 19.0. The number of unbranched alkanes of at least 4 members (excludes halogenated alkanes) is 16. The molecule has 0 bridgehead atoms. The highest BCUT2D eigenvalue weighted by Crippen LogP contribution is 2.41. The Morgan fingerprint density at radius 3 is 1.17 bits per heavy atom. The van der Waals surface area contributed by atoms with Crippen molar-refractivity contribution < 1.29 is 8.85 Å². The van der Waals surface area contributed by atoms with E-state index in [4.69, 9.17) is 8.85 Å². The second-order valence-electron chi connectivity index (χ2n) is 10.0. The summed E-state index contributed by atoms with van der Waals surface area (Å²) in [5.74, 6) is 0. The van der Waals surface area contributed by atoms with Gasteiger partial charge in [0.2, 0.25) is 0 Å². The Hall–Kier alpha value is 0.137. The van der Waals surface area contributed by atoms with E-state index in [9.17, 15) is 0 Å². The van der Waals surface area contributed by atoms with Crippen LogP contribution in [0.25, 0.3) is 0 Å². The maximum Gasteiger partial charge on any atom is 0.343 e. The van der Waals surface area contributed by atoms with E-state index in [-0.39, 0.29) is 5.04 Å². The van der Waals surface area contributed by atoms with Gasteiger partial charge in [0.1, 0.15) is 0 Å². The lowest BCUT2D eigenvalue weighted by Gasteiger charge is -2.39. The normalized spacial score (nSPS) is 14.3. The third-order valence-electron chi connectivity index (χ3n) is 6.46. The molecule has 3 heteroatoms. The van der Waals surface area contributed by atoms with E-state index < -0.39 is 8.56 Å².